The van der Waals surface area contributed by atoms with Crippen LogP contribution in [0.5, 0.6) is 5.75 Å². The molecule has 1 N–H and O–H groups in total. The van der Waals surface area contributed by atoms with Gasteiger partial charge in [-0.3, -0.25) is 0 Å². The molecule has 0 bridgehead atoms. The largest absolute Gasteiger partial charge is 0.496 e. The number of rotatable bonds is 10. The van der Waals surface area contributed by atoms with Crippen molar-refractivity contribution in [1.82, 2.24) is 4.90 Å². The van der Waals surface area contributed by atoms with Crippen LogP contribution in [0.2, 0.25) is 0 Å². The maximum atomic E-state index is 14.0. The summed E-state index contributed by atoms with van der Waals surface area (Å²) in [6.07, 6.45) is -3.99. The topological polar surface area (TPSA) is 54.3 Å². The lowest BCUT2D eigenvalue weighted by molar-refractivity contribution is -0.272. The van der Waals surface area contributed by atoms with Gasteiger partial charge in [-0.05, 0) is 31.0 Å². The first-order chi connectivity index (χ1) is 14.6. The number of halogens is 3. The molecule has 2 rings (SSSR count). The van der Waals surface area contributed by atoms with E-state index in [0.717, 1.165) is 12.1 Å². The lowest BCUT2D eigenvalue weighted by Gasteiger charge is -2.32. The van der Waals surface area contributed by atoms with E-state index in [4.69, 9.17) is 9.47 Å². The average Bonchev–Trinajstić information content (AvgIpc) is 2.75. The highest BCUT2D eigenvalue weighted by molar-refractivity contribution is 5.65. The molecule has 170 valence electrons. The summed E-state index contributed by atoms with van der Waals surface area (Å²) < 4.78 is 52.6. The minimum atomic E-state index is -4.92. The van der Waals surface area contributed by atoms with Crippen LogP contribution in [0, 0.1) is 6.92 Å². The predicted octanol–water partition coefficient (Wildman–Crippen LogP) is 4.97. The summed E-state index contributed by atoms with van der Waals surface area (Å²) in [4.78, 5) is 6.14. The van der Waals surface area contributed by atoms with Crippen LogP contribution in [0.25, 0.3) is 0 Å². The Labute approximate surface area is 181 Å². The van der Waals surface area contributed by atoms with Crippen molar-refractivity contribution in [3.05, 3.63) is 59.2 Å². The standard InChI is InChI=1S/C23H29F3N2O3/c1-5-28(3)16-27-20-14-21(30-4)19(13-17(20)2)22(29,23(24,25)26)11-12-31-15-18-9-7-6-8-10-18/h6-10,13-14,16,29H,5,11-12,15H2,1-4H3/b27-16-. The molecule has 5 nitrogen and oxygen atoms in total. The Kier molecular flexibility index (Phi) is 8.47. The number of alkyl halides is 3. The molecule has 8 heteroatoms. The zero-order valence-corrected chi connectivity index (χ0v) is 18.2. The maximum Gasteiger partial charge on any atom is 0.421 e. The number of hydrogen-bond acceptors (Lipinski definition) is 4. The second-order valence-electron chi connectivity index (χ2n) is 7.30. The first kappa shape index (κ1) is 24.7. The highest BCUT2D eigenvalue weighted by atomic mass is 19.4. The molecule has 0 fully saturated rings. The zero-order valence-electron chi connectivity index (χ0n) is 18.2. The van der Waals surface area contributed by atoms with Gasteiger partial charge in [-0.1, -0.05) is 30.3 Å². The summed E-state index contributed by atoms with van der Waals surface area (Å²) >= 11 is 0. The van der Waals surface area contributed by atoms with E-state index in [1.54, 1.807) is 13.3 Å². The number of aliphatic hydroxyl groups is 1. The molecule has 2 aromatic rings. The lowest BCUT2D eigenvalue weighted by atomic mass is 9.87. The summed E-state index contributed by atoms with van der Waals surface area (Å²) in [7, 11) is 3.10. The summed E-state index contributed by atoms with van der Waals surface area (Å²) in [5, 5.41) is 10.8. The molecule has 31 heavy (non-hydrogen) atoms. The van der Waals surface area contributed by atoms with Crippen LogP contribution in [0.4, 0.5) is 18.9 Å². The highest BCUT2D eigenvalue weighted by Crippen LogP contribution is 2.46. The third-order valence-electron chi connectivity index (χ3n) is 5.05. The summed E-state index contributed by atoms with van der Waals surface area (Å²) in [5.74, 6) is -0.0835. The smallest absolute Gasteiger partial charge is 0.421 e. The van der Waals surface area contributed by atoms with Gasteiger partial charge in [0.15, 0.2) is 5.60 Å². The van der Waals surface area contributed by atoms with Gasteiger partial charge in [-0.15, -0.1) is 0 Å². The molecule has 0 radical (unpaired) electrons. The number of methoxy groups -OCH3 is 1. The molecule has 2 aromatic carbocycles. The van der Waals surface area contributed by atoms with Gasteiger partial charge in [-0.2, -0.15) is 13.2 Å². The van der Waals surface area contributed by atoms with Crippen molar-refractivity contribution in [2.45, 2.75) is 38.7 Å². The van der Waals surface area contributed by atoms with Crippen LogP contribution in [-0.2, 0) is 16.9 Å². The molecule has 0 spiro atoms. The molecule has 1 unspecified atom stereocenters. The van der Waals surface area contributed by atoms with Crippen LogP contribution in [0.15, 0.2) is 47.5 Å². The molecule has 0 aliphatic rings. The Morgan fingerprint density at radius 3 is 2.42 bits per heavy atom. The van der Waals surface area contributed by atoms with Crippen molar-refractivity contribution in [2.75, 3.05) is 27.3 Å². The van der Waals surface area contributed by atoms with Crippen molar-refractivity contribution in [3.8, 4) is 5.75 Å². The van der Waals surface area contributed by atoms with E-state index in [-0.39, 0.29) is 24.5 Å². The molecule has 0 saturated carbocycles. The molecule has 0 amide bonds. The summed E-state index contributed by atoms with van der Waals surface area (Å²) in [5.41, 5.74) is -1.69. The Hall–Kier alpha value is -2.58. The van der Waals surface area contributed by atoms with Crippen LogP contribution >= 0.6 is 0 Å². The normalized spacial score (nSPS) is 13.9. The van der Waals surface area contributed by atoms with Crippen molar-refractivity contribution < 1.29 is 27.8 Å². The second-order valence-corrected chi connectivity index (χ2v) is 7.30. The van der Waals surface area contributed by atoms with Crippen LogP contribution in [0.3, 0.4) is 0 Å². The predicted molar refractivity (Wildman–Crippen MR) is 115 cm³/mol. The van der Waals surface area contributed by atoms with Crippen molar-refractivity contribution in [1.29, 1.82) is 0 Å². The molecule has 0 heterocycles. The van der Waals surface area contributed by atoms with E-state index < -0.39 is 18.2 Å². The number of ether oxygens (including phenoxy) is 2. The third-order valence-corrected chi connectivity index (χ3v) is 5.05. The minimum absolute atomic E-state index is 0.0835. The molecular weight excluding hydrogens is 409 g/mol. The second kappa shape index (κ2) is 10.6. The van der Waals surface area contributed by atoms with Gasteiger partial charge in [0.1, 0.15) is 5.75 Å². The Morgan fingerprint density at radius 1 is 1.16 bits per heavy atom. The highest BCUT2D eigenvalue weighted by Gasteiger charge is 2.56. The van der Waals surface area contributed by atoms with E-state index in [1.807, 2.05) is 49.2 Å². The molecule has 0 aliphatic carbocycles. The number of benzene rings is 2. The van der Waals surface area contributed by atoms with E-state index in [0.29, 0.717) is 11.3 Å². The van der Waals surface area contributed by atoms with Crippen LogP contribution in [-0.4, -0.2) is 49.8 Å². The Morgan fingerprint density at radius 2 is 1.84 bits per heavy atom. The monoisotopic (exact) mass is 438 g/mol. The van der Waals surface area contributed by atoms with E-state index in [2.05, 4.69) is 4.99 Å². The number of hydrogen-bond donors (Lipinski definition) is 1. The molecule has 0 aromatic heterocycles. The summed E-state index contributed by atoms with van der Waals surface area (Å²) in [6.45, 7) is 4.20. The van der Waals surface area contributed by atoms with E-state index >= 15 is 0 Å². The van der Waals surface area contributed by atoms with E-state index in [9.17, 15) is 18.3 Å². The molecular formula is C23H29F3N2O3. The number of nitrogens with zero attached hydrogens (tertiary/aromatic N) is 2. The van der Waals surface area contributed by atoms with Crippen molar-refractivity contribution >= 4 is 12.0 Å². The SMILES string of the molecule is CCN(C)/C=N\c1cc(OC)c(C(O)(CCOCc2ccccc2)C(F)(F)F)cc1C. The van der Waals surface area contributed by atoms with Crippen LogP contribution in [0.1, 0.15) is 30.0 Å². The van der Waals surface area contributed by atoms with Gasteiger partial charge >= 0.3 is 6.18 Å². The van der Waals surface area contributed by atoms with Crippen molar-refractivity contribution in [2.24, 2.45) is 4.99 Å². The fourth-order valence-electron chi connectivity index (χ4n) is 2.96. The minimum Gasteiger partial charge on any atom is -0.496 e. The third kappa shape index (κ3) is 6.21. The van der Waals surface area contributed by atoms with E-state index in [1.165, 1.54) is 19.2 Å². The molecule has 1 atom stereocenters. The number of aliphatic imine (C=N–C) groups is 1. The average molecular weight is 438 g/mol. The van der Waals surface area contributed by atoms with Gasteiger partial charge < -0.3 is 19.5 Å². The zero-order chi connectivity index (χ0) is 23.1. The molecule has 0 saturated heterocycles. The van der Waals surface area contributed by atoms with Gasteiger partial charge in [0.2, 0.25) is 0 Å². The van der Waals surface area contributed by atoms with Gasteiger partial charge in [0, 0.05) is 31.6 Å². The first-order valence-electron chi connectivity index (χ1n) is 9.96. The first-order valence-corrected chi connectivity index (χ1v) is 9.96. The fraction of sp³-hybridized carbons (Fsp3) is 0.435. The number of aryl methyl sites for hydroxylation is 1. The van der Waals surface area contributed by atoms with Gasteiger partial charge in [0.25, 0.3) is 0 Å². The van der Waals surface area contributed by atoms with Gasteiger partial charge in [0.05, 0.1) is 32.3 Å². The fourth-order valence-corrected chi connectivity index (χ4v) is 2.96. The Balaban J connectivity index is 2.29. The van der Waals surface area contributed by atoms with Crippen LogP contribution < -0.4 is 4.74 Å². The van der Waals surface area contributed by atoms with Gasteiger partial charge in [-0.25, -0.2) is 4.99 Å². The molecule has 0 aliphatic heterocycles. The lowest BCUT2D eigenvalue weighted by Crippen LogP contribution is -2.43. The quantitative estimate of drug-likeness (QED) is 0.323. The maximum absolute atomic E-state index is 14.0. The Bertz CT molecular complexity index is 872. The summed E-state index contributed by atoms with van der Waals surface area (Å²) in [6, 6.07) is 11.8. The van der Waals surface area contributed by atoms with Crippen molar-refractivity contribution in [3.63, 3.8) is 0 Å².